The number of amides is 5. The molecule has 5 aromatic heterocycles. The van der Waals surface area contributed by atoms with Gasteiger partial charge in [-0.3, -0.25) is 44.7 Å². The highest BCUT2D eigenvalue weighted by atomic mass is 32.2. The summed E-state index contributed by atoms with van der Waals surface area (Å²) in [7, 11) is 0. The van der Waals surface area contributed by atoms with Crippen LogP contribution in [0.1, 0.15) is 279 Å². The predicted molar refractivity (Wildman–Crippen MR) is 594 cm³/mol. The van der Waals surface area contributed by atoms with Crippen LogP contribution in [-0.4, -0.2) is 315 Å². The number of ether oxygens (including phenoxy) is 5. The van der Waals surface area contributed by atoms with Crippen molar-refractivity contribution in [1.82, 2.24) is 75.2 Å². The summed E-state index contributed by atoms with van der Waals surface area (Å²) >= 11 is 7.17. The number of pyridine rings is 2. The number of anilines is 5. The van der Waals surface area contributed by atoms with Gasteiger partial charge >= 0.3 is 24.4 Å². The van der Waals surface area contributed by atoms with E-state index in [0.717, 1.165) is 388 Å². The topological polar surface area (TPSA) is 467 Å². The first-order valence-corrected chi connectivity index (χ1v) is 57.0. The Bertz CT molecular complexity index is 5690. The molecule has 1 atom stereocenters. The number of nitrogens with zero attached hydrogens (tertiary/aromatic N) is 22. The number of likely N-dealkylation sites (tertiary alicyclic amines) is 4. The highest BCUT2D eigenvalue weighted by molar-refractivity contribution is 8.13. The van der Waals surface area contributed by atoms with Gasteiger partial charge in [0, 0.05) is 189 Å². The number of rotatable bonds is 4. The van der Waals surface area contributed by atoms with Crippen LogP contribution in [0.2, 0.25) is 0 Å². The summed E-state index contributed by atoms with van der Waals surface area (Å²) in [5, 5.41) is 15.9. The monoisotopic (exact) mass is 2100 g/mol. The lowest BCUT2D eigenvalue weighted by Gasteiger charge is -2.39. The third kappa shape index (κ3) is 25.2. The predicted octanol–water partition coefficient (Wildman–Crippen LogP) is 14.2. The van der Waals surface area contributed by atoms with Crippen LogP contribution in [0, 0.1) is 37.9 Å². The van der Waals surface area contributed by atoms with Crippen molar-refractivity contribution in [1.29, 1.82) is 0 Å². The quantitative estimate of drug-likeness (QED) is 0.0649. The Morgan fingerprint density at radius 1 is 0.433 bits per heavy atom. The second-order valence-corrected chi connectivity index (χ2v) is 49.1. The Kier molecular flexibility index (Phi) is 33.9. The van der Waals surface area contributed by atoms with E-state index in [1.165, 1.54) is 24.3 Å². The molecule has 5 amide bonds. The average molecular weight is 2110 g/mol. The highest BCUT2D eigenvalue weighted by Crippen LogP contribution is 2.49. The van der Waals surface area contributed by atoms with E-state index in [1.807, 2.05) is 130 Å². The second kappa shape index (κ2) is 46.2. The molecule has 10 fully saturated rings. The Morgan fingerprint density at radius 2 is 0.833 bits per heavy atom. The van der Waals surface area contributed by atoms with Gasteiger partial charge in [0.25, 0.3) is 0 Å². The maximum absolute atomic E-state index is 12.0. The van der Waals surface area contributed by atoms with Gasteiger partial charge in [-0.05, 0) is 306 Å². The second-order valence-electron chi connectivity index (χ2n) is 47.9. The Balaban J connectivity index is 0.000000123. The molecule has 18 aliphatic rings. The number of hydrogen-bond acceptors (Lipinski definition) is 34. The summed E-state index contributed by atoms with van der Waals surface area (Å²) in [6.07, 6.45) is 37.2. The zero-order chi connectivity index (χ0) is 106. The number of aliphatic imine (C=N–C) groups is 6. The Hall–Kier alpha value is -10.9. The summed E-state index contributed by atoms with van der Waals surface area (Å²) in [5.41, 5.74) is 31.4. The van der Waals surface area contributed by atoms with Crippen molar-refractivity contribution in [3.05, 3.63) is 71.8 Å². The largest absolute Gasteiger partial charge is 0.444 e. The molecule has 23 heterocycles. The summed E-state index contributed by atoms with van der Waals surface area (Å²) in [5.74, 6) is 7.19. The zero-order valence-corrected chi connectivity index (χ0v) is 92.9. The number of amidine groups is 5. The first kappa shape index (κ1) is 110. The van der Waals surface area contributed by atoms with E-state index < -0.39 is 22.4 Å². The minimum absolute atomic E-state index is 0.0541. The number of thioether (sulfide) groups is 1. The standard InChI is InChI=1S/C26H33N9O.C22H26N8.C14H24N2O2S.C13H23N3O2.C13H22N2O3.C13H22N2O2S.C8H15N3/c27-25-26(8-12-29-25)9-14-33(15-10-26)20-17-30-22-23(31-20)35(21-7-1-2-16-36-21)32-24(22)34-13-4-5-18-19(34)6-3-11-28-18;23-21-22(5-9-25-21)6-11-29(12-7-22)18-14-26-19-16(28-18)13-27-20(19)30-10-2-3-15-17(30)4-1-8-24-15;1-13(2,3)18-12(17)16-9-6-14(7-10-16)5-8-15-11(14)19-4;1-12(2,3)18-11(17)16-8-5-13(6-9-16)4-7-15-10(13)14;1-12(2,3)18-11(17)15-8-5-13(6-9-15)4-7-14-10(13)16;1-12(2,3)17-11(16)15-8-5-13(6-9-15)4-7-14-10(13)18;9-7-8(3-6-11-7)1-4-10-5-2-8/h3,6,11,17,21H,1-2,4-5,7-10,12-16H2,(H2,27,29);1,4,8,14H,2-3,5-7,9-13H2,(H2,23,25);5-10H2,1-4H3;4-9H2,1-3H3,(H2,14,15);4-9H2,1-3H3,(H,14,16);4-9H2,1-3H3,(H,14,18);10H,1-6H2,(H2,9,11). The molecule has 0 saturated carbocycles. The highest BCUT2D eigenvalue weighted by Gasteiger charge is 2.51. The fourth-order valence-corrected chi connectivity index (χ4v) is 25.8. The summed E-state index contributed by atoms with van der Waals surface area (Å²) in [6, 6.07) is 8.25. The summed E-state index contributed by atoms with van der Waals surface area (Å²) in [6.45, 7) is 43.7. The molecule has 5 aromatic rings. The van der Waals surface area contributed by atoms with Crippen LogP contribution in [-0.2, 0) is 47.9 Å². The third-order valence-corrected chi connectivity index (χ3v) is 35.2. The van der Waals surface area contributed by atoms with E-state index in [0.29, 0.717) is 38.1 Å². The van der Waals surface area contributed by atoms with E-state index in [-0.39, 0.29) is 69.0 Å². The van der Waals surface area contributed by atoms with Crippen molar-refractivity contribution in [2.24, 2.45) is 90.8 Å². The molecule has 0 radical (unpaired) electrons. The van der Waals surface area contributed by atoms with Crippen molar-refractivity contribution in [3.8, 4) is 0 Å². The number of carbonyl (C=O) groups excluding carboxylic acids is 5. The number of nitrogens with one attached hydrogen (secondary N) is 3. The van der Waals surface area contributed by atoms with E-state index >= 15 is 0 Å². The molecule has 41 heteroatoms. The molecule has 39 nitrogen and oxygen atoms in total. The summed E-state index contributed by atoms with van der Waals surface area (Å²) in [4.78, 5) is 133. The molecule has 150 heavy (non-hydrogen) atoms. The van der Waals surface area contributed by atoms with E-state index in [4.69, 9.17) is 88.9 Å². The number of carbonyl (C=O) groups is 5. The van der Waals surface area contributed by atoms with Gasteiger partial charge in [-0.25, -0.2) is 43.8 Å². The van der Waals surface area contributed by atoms with Crippen molar-refractivity contribution in [3.63, 3.8) is 0 Å². The first-order chi connectivity index (χ1) is 71.6. The average Bonchev–Trinajstić information content (AvgIpc) is 1.59. The minimum Gasteiger partial charge on any atom is -0.444 e. The van der Waals surface area contributed by atoms with Gasteiger partial charge in [-0.2, -0.15) is 0 Å². The number of thiocarbonyl (C=S) groups is 1. The van der Waals surface area contributed by atoms with Crippen molar-refractivity contribution < 1.29 is 47.7 Å². The molecule has 23 rings (SSSR count). The molecule has 0 aromatic carbocycles. The number of fused-ring (bicyclic) bond motifs is 4. The van der Waals surface area contributed by atoms with Gasteiger partial charge in [0.15, 0.2) is 29.0 Å². The zero-order valence-electron chi connectivity index (χ0n) is 91.2. The molecule has 0 bridgehead atoms. The molecule has 18 aliphatic heterocycles. The number of aromatic nitrogens is 8. The van der Waals surface area contributed by atoms with Crippen molar-refractivity contribution in [2.75, 3.05) is 183 Å². The first-order valence-electron chi connectivity index (χ1n) is 55.3. The molecular formula is C109H165N29O10S2. The molecular weight excluding hydrogens is 1940 g/mol. The van der Waals surface area contributed by atoms with Crippen molar-refractivity contribution in [2.45, 2.75) is 298 Å². The van der Waals surface area contributed by atoms with Crippen LogP contribution in [0.15, 0.2) is 79.0 Å². The Morgan fingerprint density at radius 3 is 1.26 bits per heavy atom. The van der Waals surface area contributed by atoms with Crippen molar-refractivity contribution >= 4 is 133 Å². The number of nitrogens with two attached hydrogens (primary N) is 4. The number of piperidine rings is 7. The lowest BCUT2D eigenvalue weighted by Crippen LogP contribution is -2.48. The molecule has 7 spiro atoms. The lowest BCUT2D eigenvalue weighted by atomic mass is 9.76. The maximum atomic E-state index is 12.0. The third-order valence-electron chi connectivity index (χ3n) is 33.7. The van der Waals surface area contributed by atoms with E-state index in [2.05, 4.69) is 88.9 Å². The Labute approximate surface area is 894 Å². The number of hydrogen-bond donors (Lipinski definition) is 7. The molecule has 10 saturated heterocycles. The van der Waals surface area contributed by atoms with Gasteiger partial charge in [0.1, 0.15) is 63.1 Å². The lowest BCUT2D eigenvalue weighted by molar-refractivity contribution is -0.130. The normalized spacial score (nSPS) is 23.4. The fourth-order valence-electron chi connectivity index (χ4n) is 24.4. The van der Waals surface area contributed by atoms with Gasteiger partial charge in [0.2, 0.25) is 5.91 Å². The van der Waals surface area contributed by atoms with Crippen LogP contribution in [0.25, 0.3) is 11.2 Å². The van der Waals surface area contributed by atoms with Gasteiger partial charge in [0.05, 0.1) is 62.8 Å². The van der Waals surface area contributed by atoms with Gasteiger partial charge in [-0.1, -0.05) is 12.2 Å². The van der Waals surface area contributed by atoms with Gasteiger partial charge < -0.3 is 102 Å². The minimum atomic E-state index is -0.461. The van der Waals surface area contributed by atoms with Gasteiger partial charge in [-0.15, -0.1) is 16.9 Å². The SMILES string of the molecule is CC(C)(C)OC(=O)N1CCC2(CCN=C2N)CC1.CC(C)(C)OC(=O)N1CCC2(CCNC2=O)CC1.CC(C)(C)OC(=O)N1CCC2(CCNC2=S)CC1.CSC1=NCCC12CCN(C(=O)OC(C)(C)C)CC2.NC1=NCCC12CCN(c1cnc3c(N4CCCc5ncccc54)nn(C4CCCCO4)c3n1)CC2.NC1=NCCC12CCN(c1cnc3c(n1)CN=C3N1CCCc3ncccc31)CC2.NC1=NCCC12CCNCC2. The summed E-state index contributed by atoms with van der Waals surface area (Å²) < 4.78 is 29.7. The van der Waals surface area contributed by atoms with Crippen LogP contribution in [0.5, 0.6) is 0 Å². The van der Waals surface area contributed by atoms with Crippen LogP contribution in [0.4, 0.5) is 48.0 Å². The smallest absolute Gasteiger partial charge is 0.410 e. The number of aryl methyl sites for hydroxylation is 2. The molecule has 11 N–H and O–H groups in total. The van der Waals surface area contributed by atoms with Crippen LogP contribution in [0.3, 0.4) is 0 Å². The van der Waals surface area contributed by atoms with E-state index in [9.17, 15) is 24.0 Å². The molecule has 0 aliphatic carbocycles. The maximum Gasteiger partial charge on any atom is 0.410 e. The fraction of sp³-hybridized carbons (Fsp3) is 0.716. The van der Waals surface area contributed by atoms with E-state index in [1.54, 1.807) is 26.5 Å². The van der Waals surface area contributed by atoms with Crippen LogP contribution >= 0.6 is 24.0 Å². The van der Waals surface area contributed by atoms with Crippen LogP contribution < -0.4 is 58.5 Å². The molecule has 818 valence electrons. The molecule has 1 unspecified atom stereocenters.